The average Bonchev–Trinajstić information content (AvgIpc) is 2.39. The number of nitrogens with zero attached hydrogens (tertiary/aromatic N) is 1. The van der Waals surface area contributed by atoms with Gasteiger partial charge in [-0.1, -0.05) is 12.1 Å². The summed E-state index contributed by atoms with van der Waals surface area (Å²) >= 11 is 0. The number of carboxylic acid groups (broad SMARTS) is 1. The number of aliphatic carboxylic acids is 1. The molecule has 0 spiro atoms. The molecule has 0 unspecified atom stereocenters. The summed E-state index contributed by atoms with van der Waals surface area (Å²) in [4.78, 5) is 24.0. The molecule has 1 aromatic rings. The first-order valence-electron chi connectivity index (χ1n) is 6.83. The fraction of sp³-hybridized carbons (Fsp3) is 0.467. The number of ether oxygens (including phenoxy) is 1. The van der Waals surface area contributed by atoms with Crippen molar-refractivity contribution in [2.24, 2.45) is 0 Å². The van der Waals surface area contributed by atoms with Crippen molar-refractivity contribution in [1.82, 2.24) is 4.90 Å². The van der Waals surface area contributed by atoms with Gasteiger partial charge in [0, 0.05) is 19.3 Å². The van der Waals surface area contributed by atoms with Crippen molar-refractivity contribution in [2.45, 2.75) is 26.4 Å². The van der Waals surface area contributed by atoms with Crippen molar-refractivity contribution in [1.29, 1.82) is 0 Å². The molecule has 0 aromatic heterocycles. The maximum Gasteiger partial charge on any atom is 0.321 e. The number of benzene rings is 1. The first kappa shape index (κ1) is 17.0. The van der Waals surface area contributed by atoms with Gasteiger partial charge >= 0.3 is 12.0 Å². The molecule has 1 aromatic carbocycles. The number of urea groups is 1. The zero-order valence-electron chi connectivity index (χ0n) is 12.6. The summed E-state index contributed by atoms with van der Waals surface area (Å²) in [6.45, 7) is 4.87. The largest absolute Gasteiger partial charge is 0.481 e. The molecule has 0 bridgehead atoms. The molecule has 0 saturated heterocycles. The second kappa shape index (κ2) is 8.26. The zero-order chi connectivity index (χ0) is 15.8. The molecule has 6 heteroatoms. The Morgan fingerprint density at radius 2 is 1.90 bits per heavy atom. The average molecular weight is 294 g/mol. The predicted octanol–water partition coefficient (Wildman–Crippen LogP) is 2.20. The lowest BCUT2D eigenvalue weighted by molar-refractivity contribution is -0.136. The summed E-state index contributed by atoms with van der Waals surface area (Å²) in [5.74, 6) is -0.878. The molecule has 0 aliphatic heterocycles. The van der Waals surface area contributed by atoms with Crippen LogP contribution >= 0.6 is 0 Å². The summed E-state index contributed by atoms with van der Waals surface area (Å²) in [5, 5.41) is 11.4. The lowest BCUT2D eigenvalue weighted by atomic mass is 10.1. The molecule has 6 nitrogen and oxygen atoms in total. The van der Waals surface area contributed by atoms with Crippen LogP contribution in [0.25, 0.3) is 0 Å². The maximum atomic E-state index is 11.9. The van der Waals surface area contributed by atoms with Gasteiger partial charge < -0.3 is 20.1 Å². The Morgan fingerprint density at radius 3 is 2.43 bits per heavy atom. The van der Waals surface area contributed by atoms with Crippen LogP contribution in [0.2, 0.25) is 0 Å². The first-order valence-corrected chi connectivity index (χ1v) is 6.83. The minimum Gasteiger partial charge on any atom is -0.481 e. The highest BCUT2D eigenvalue weighted by Crippen LogP contribution is 2.10. The summed E-state index contributed by atoms with van der Waals surface area (Å²) in [6, 6.07) is 6.52. The maximum absolute atomic E-state index is 11.9. The van der Waals surface area contributed by atoms with Crippen LogP contribution in [0.15, 0.2) is 24.3 Å². The molecule has 0 heterocycles. The molecule has 0 aliphatic carbocycles. The van der Waals surface area contributed by atoms with Crippen LogP contribution in [-0.2, 0) is 16.0 Å². The van der Waals surface area contributed by atoms with Crippen molar-refractivity contribution in [3.8, 4) is 0 Å². The van der Waals surface area contributed by atoms with E-state index in [9.17, 15) is 9.59 Å². The summed E-state index contributed by atoms with van der Waals surface area (Å²) in [5.41, 5.74) is 1.32. The topological polar surface area (TPSA) is 78.9 Å². The summed E-state index contributed by atoms with van der Waals surface area (Å²) < 4.78 is 5.39. The van der Waals surface area contributed by atoms with Gasteiger partial charge in [0.15, 0.2) is 0 Å². The van der Waals surface area contributed by atoms with Crippen LogP contribution < -0.4 is 5.32 Å². The Morgan fingerprint density at radius 1 is 1.29 bits per heavy atom. The molecule has 1 rings (SSSR count). The number of nitrogens with one attached hydrogen (secondary N) is 1. The third kappa shape index (κ3) is 6.76. The van der Waals surface area contributed by atoms with E-state index in [0.717, 1.165) is 0 Å². The fourth-order valence-corrected chi connectivity index (χ4v) is 1.63. The Balaban J connectivity index is 2.44. The first-order chi connectivity index (χ1) is 9.88. The Bertz CT molecular complexity index is 471. The van der Waals surface area contributed by atoms with Gasteiger partial charge in [-0.25, -0.2) is 4.79 Å². The molecule has 0 radical (unpaired) electrons. The van der Waals surface area contributed by atoms with E-state index in [1.807, 2.05) is 13.8 Å². The Labute approximate surface area is 124 Å². The number of hydrogen-bond donors (Lipinski definition) is 2. The SMILES string of the molecule is CC(C)OCCN(C)C(=O)Nc1ccc(CC(=O)O)cc1. The minimum atomic E-state index is -0.878. The van der Waals surface area contributed by atoms with E-state index in [1.54, 1.807) is 31.3 Å². The molecule has 116 valence electrons. The van der Waals surface area contributed by atoms with Crippen molar-refractivity contribution < 1.29 is 19.4 Å². The van der Waals surface area contributed by atoms with Gasteiger partial charge in [-0.3, -0.25) is 4.79 Å². The number of carbonyl (C=O) groups is 2. The Hall–Kier alpha value is -2.08. The third-order valence-electron chi connectivity index (χ3n) is 2.79. The van der Waals surface area contributed by atoms with Crippen LogP contribution in [0.1, 0.15) is 19.4 Å². The predicted molar refractivity (Wildman–Crippen MR) is 80.5 cm³/mol. The molecule has 0 saturated carbocycles. The van der Waals surface area contributed by atoms with E-state index in [1.165, 1.54) is 4.90 Å². The van der Waals surface area contributed by atoms with Gasteiger partial charge in [-0.15, -0.1) is 0 Å². The van der Waals surface area contributed by atoms with E-state index < -0.39 is 5.97 Å². The van der Waals surface area contributed by atoms with Crippen LogP contribution in [0.3, 0.4) is 0 Å². The number of carboxylic acids is 1. The highest BCUT2D eigenvalue weighted by molar-refractivity contribution is 5.89. The van der Waals surface area contributed by atoms with Crippen molar-refractivity contribution in [3.05, 3.63) is 29.8 Å². The lowest BCUT2D eigenvalue weighted by Gasteiger charge is -2.18. The van der Waals surface area contributed by atoms with E-state index >= 15 is 0 Å². The molecule has 0 fully saturated rings. The number of rotatable bonds is 7. The van der Waals surface area contributed by atoms with Crippen molar-refractivity contribution in [2.75, 3.05) is 25.5 Å². The van der Waals surface area contributed by atoms with Crippen LogP contribution in [-0.4, -0.2) is 48.3 Å². The van der Waals surface area contributed by atoms with Crippen molar-refractivity contribution in [3.63, 3.8) is 0 Å². The molecule has 2 amide bonds. The second-order valence-electron chi connectivity index (χ2n) is 5.04. The van der Waals surface area contributed by atoms with Gasteiger partial charge in [0.05, 0.1) is 19.1 Å². The van der Waals surface area contributed by atoms with Gasteiger partial charge in [-0.05, 0) is 31.5 Å². The smallest absolute Gasteiger partial charge is 0.321 e. The fourth-order valence-electron chi connectivity index (χ4n) is 1.63. The standard InChI is InChI=1S/C15H22N2O4/c1-11(2)21-9-8-17(3)15(20)16-13-6-4-12(5-7-13)10-14(18)19/h4-7,11H,8-10H2,1-3H3,(H,16,20)(H,18,19). The van der Waals surface area contributed by atoms with Crippen molar-refractivity contribution >= 4 is 17.7 Å². The number of amides is 2. The van der Waals surface area contributed by atoms with Gasteiger partial charge in [0.2, 0.25) is 0 Å². The van der Waals surface area contributed by atoms with E-state index in [0.29, 0.717) is 24.4 Å². The molecule has 2 N–H and O–H groups in total. The Kier molecular flexibility index (Phi) is 6.68. The third-order valence-corrected chi connectivity index (χ3v) is 2.79. The highest BCUT2D eigenvalue weighted by Gasteiger charge is 2.09. The normalized spacial score (nSPS) is 10.5. The molecule has 21 heavy (non-hydrogen) atoms. The minimum absolute atomic E-state index is 0.0271. The lowest BCUT2D eigenvalue weighted by Crippen LogP contribution is -2.34. The van der Waals surface area contributed by atoms with Gasteiger partial charge in [0.25, 0.3) is 0 Å². The number of carbonyl (C=O) groups excluding carboxylic acids is 1. The second-order valence-corrected chi connectivity index (χ2v) is 5.04. The van der Waals surface area contributed by atoms with Crippen LogP contribution in [0.5, 0.6) is 0 Å². The van der Waals surface area contributed by atoms with Crippen LogP contribution in [0, 0.1) is 0 Å². The molecule has 0 aliphatic rings. The van der Waals surface area contributed by atoms with E-state index in [2.05, 4.69) is 5.32 Å². The van der Waals surface area contributed by atoms with Gasteiger partial charge in [0.1, 0.15) is 0 Å². The zero-order valence-corrected chi connectivity index (χ0v) is 12.6. The monoisotopic (exact) mass is 294 g/mol. The number of hydrogen-bond acceptors (Lipinski definition) is 3. The molecule has 0 atom stereocenters. The van der Waals surface area contributed by atoms with E-state index in [-0.39, 0.29) is 18.6 Å². The summed E-state index contributed by atoms with van der Waals surface area (Å²) in [7, 11) is 1.69. The van der Waals surface area contributed by atoms with Crippen LogP contribution in [0.4, 0.5) is 10.5 Å². The molecular weight excluding hydrogens is 272 g/mol. The highest BCUT2D eigenvalue weighted by atomic mass is 16.5. The number of likely N-dealkylation sites (N-methyl/N-ethyl adjacent to an activating group) is 1. The van der Waals surface area contributed by atoms with E-state index in [4.69, 9.17) is 9.84 Å². The van der Waals surface area contributed by atoms with Gasteiger partial charge in [-0.2, -0.15) is 0 Å². The quantitative estimate of drug-likeness (QED) is 0.808. The molecular formula is C15H22N2O4. The summed E-state index contributed by atoms with van der Waals surface area (Å²) in [6.07, 6.45) is 0.115. The number of anilines is 1.